The summed E-state index contributed by atoms with van der Waals surface area (Å²) < 4.78 is 17.9. The molecule has 1 aliphatic heterocycles. The van der Waals surface area contributed by atoms with Gasteiger partial charge in [0.1, 0.15) is 10.8 Å². The maximum Gasteiger partial charge on any atom is 0.231 e. The molecule has 1 N–H and O–H groups in total. The van der Waals surface area contributed by atoms with Crippen LogP contribution in [-0.4, -0.2) is 44.9 Å². The number of ether oxygens (including phenoxy) is 3. The van der Waals surface area contributed by atoms with Crippen molar-refractivity contribution in [3.8, 4) is 28.6 Å². The van der Waals surface area contributed by atoms with Gasteiger partial charge in [-0.25, -0.2) is 0 Å². The van der Waals surface area contributed by atoms with Gasteiger partial charge in [-0.05, 0) is 61.0 Å². The minimum absolute atomic E-state index is 0.0879. The smallest absolute Gasteiger partial charge is 0.231 e. The Labute approximate surface area is 194 Å². The monoisotopic (exact) mass is 463 g/mol. The molecule has 0 spiro atoms. The van der Waals surface area contributed by atoms with Crippen molar-refractivity contribution < 1.29 is 19.0 Å². The summed E-state index contributed by atoms with van der Waals surface area (Å²) in [5, 5.41) is 16.7. The van der Waals surface area contributed by atoms with Gasteiger partial charge in [0.2, 0.25) is 12.7 Å². The Bertz CT molecular complexity index is 1290. The zero-order chi connectivity index (χ0) is 22.6. The van der Waals surface area contributed by atoms with E-state index in [-0.39, 0.29) is 18.5 Å². The lowest BCUT2D eigenvalue weighted by Gasteiger charge is -2.07. The van der Waals surface area contributed by atoms with E-state index in [1.54, 1.807) is 4.52 Å². The van der Waals surface area contributed by atoms with Crippen LogP contribution in [0.15, 0.2) is 59.6 Å². The summed E-state index contributed by atoms with van der Waals surface area (Å²) in [6.45, 7) is 3.20. The largest absolute Gasteiger partial charge is 0.494 e. The van der Waals surface area contributed by atoms with Crippen molar-refractivity contribution in [3.63, 3.8) is 0 Å². The first-order valence-corrected chi connectivity index (χ1v) is 11.4. The molecule has 5 rings (SSSR count). The van der Waals surface area contributed by atoms with Crippen LogP contribution in [0.25, 0.3) is 17.0 Å². The van der Waals surface area contributed by atoms with Gasteiger partial charge in [-0.3, -0.25) is 4.79 Å². The van der Waals surface area contributed by atoms with E-state index in [1.165, 1.54) is 11.8 Å². The van der Waals surface area contributed by atoms with Crippen LogP contribution in [0.1, 0.15) is 12.5 Å². The van der Waals surface area contributed by atoms with Gasteiger partial charge in [-0.15, -0.1) is 10.2 Å². The topological polar surface area (TPSA) is 99.9 Å². The second-order valence-electron chi connectivity index (χ2n) is 7.18. The molecule has 0 radical (unpaired) electrons. The summed E-state index contributed by atoms with van der Waals surface area (Å²) in [6, 6.07) is 16.9. The first kappa shape index (κ1) is 21.1. The number of nitrogens with zero attached hydrogens (tertiary/aromatic N) is 4. The number of amides is 1. The van der Waals surface area contributed by atoms with Crippen LogP contribution in [0.5, 0.6) is 17.2 Å². The van der Waals surface area contributed by atoms with Gasteiger partial charge in [0, 0.05) is 12.1 Å². The average Bonchev–Trinajstić information content (AvgIpc) is 3.48. The molecule has 2 aromatic carbocycles. The molecule has 33 heavy (non-hydrogen) atoms. The summed E-state index contributed by atoms with van der Waals surface area (Å²) in [5.41, 5.74) is 2.46. The highest BCUT2D eigenvalue weighted by molar-refractivity contribution is 7.99. The van der Waals surface area contributed by atoms with Gasteiger partial charge in [-0.1, -0.05) is 17.8 Å². The lowest BCUT2D eigenvalue weighted by Crippen LogP contribution is -2.24. The average molecular weight is 464 g/mol. The Morgan fingerprint density at radius 2 is 1.94 bits per heavy atom. The van der Waals surface area contributed by atoms with Crippen molar-refractivity contribution in [3.05, 3.63) is 60.2 Å². The summed E-state index contributed by atoms with van der Waals surface area (Å²) in [4.78, 5) is 12.4. The lowest BCUT2D eigenvalue weighted by molar-refractivity contribution is -0.118. The van der Waals surface area contributed by atoms with E-state index in [0.29, 0.717) is 35.4 Å². The van der Waals surface area contributed by atoms with Crippen LogP contribution < -0.4 is 19.5 Å². The van der Waals surface area contributed by atoms with Crippen LogP contribution in [0, 0.1) is 0 Å². The SMILES string of the molecule is CCOc1ccc(-c2nnc3ccc(SCC(=O)NCc4ccc5c(c4)OCO5)nn23)cc1. The summed E-state index contributed by atoms with van der Waals surface area (Å²) >= 11 is 1.35. The van der Waals surface area contributed by atoms with Crippen LogP contribution in [0.2, 0.25) is 0 Å². The highest BCUT2D eigenvalue weighted by Crippen LogP contribution is 2.32. The first-order valence-electron chi connectivity index (χ1n) is 10.4. The number of benzene rings is 2. The van der Waals surface area contributed by atoms with Crippen molar-refractivity contribution in [2.45, 2.75) is 18.5 Å². The van der Waals surface area contributed by atoms with E-state index < -0.39 is 0 Å². The number of aromatic nitrogens is 4. The van der Waals surface area contributed by atoms with E-state index >= 15 is 0 Å². The molecule has 10 heteroatoms. The number of hydrogen-bond donors (Lipinski definition) is 1. The Morgan fingerprint density at radius 1 is 1.09 bits per heavy atom. The molecule has 9 nitrogen and oxygen atoms in total. The predicted molar refractivity (Wildman–Crippen MR) is 123 cm³/mol. The molecule has 1 aliphatic rings. The zero-order valence-corrected chi connectivity index (χ0v) is 18.7. The maximum absolute atomic E-state index is 12.4. The van der Waals surface area contributed by atoms with Gasteiger partial charge < -0.3 is 19.5 Å². The van der Waals surface area contributed by atoms with Gasteiger partial charge in [0.15, 0.2) is 23.0 Å². The van der Waals surface area contributed by atoms with Crippen LogP contribution >= 0.6 is 11.8 Å². The van der Waals surface area contributed by atoms with Crippen molar-refractivity contribution in [1.82, 2.24) is 25.1 Å². The van der Waals surface area contributed by atoms with Crippen molar-refractivity contribution >= 4 is 23.3 Å². The Kier molecular flexibility index (Phi) is 5.99. The van der Waals surface area contributed by atoms with E-state index in [1.807, 2.05) is 61.5 Å². The molecular formula is C23H21N5O4S. The molecule has 0 aliphatic carbocycles. The highest BCUT2D eigenvalue weighted by Gasteiger charge is 2.14. The van der Waals surface area contributed by atoms with E-state index in [2.05, 4.69) is 20.6 Å². The second kappa shape index (κ2) is 9.37. The van der Waals surface area contributed by atoms with Gasteiger partial charge in [0.05, 0.1) is 12.4 Å². The minimum Gasteiger partial charge on any atom is -0.494 e. The van der Waals surface area contributed by atoms with Gasteiger partial charge >= 0.3 is 0 Å². The molecule has 3 heterocycles. The molecule has 1 amide bonds. The summed E-state index contributed by atoms with van der Waals surface area (Å²) in [6.07, 6.45) is 0. The zero-order valence-electron chi connectivity index (χ0n) is 17.9. The van der Waals surface area contributed by atoms with Crippen molar-refractivity contribution in [2.24, 2.45) is 0 Å². The molecule has 0 fully saturated rings. The normalized spacial score (nSPS) is 12.2. The third-order valence-corrected chi connectivity index (χ3v) is 5.86. The van der Waals surface area contributed by atoms with Gasteiger partial charge in [0.25, 0.3) is 0 Å². The number of nitrogens with one attached hydrogen (secondary N) is 1. The maximum atomic E-state index is 12.4. The fourth-order valence-corrected chi connectivity index (χ4v) is 4.02. The number of hydrogen-bond acceptors (Lipinski definition) is 8. The summed E-state index contributed by atoms with van der Waals surface area (Å²) in [5.74, 6) is 3.00. The first-order chi connectivity index (χ1) is 16.2. The fourth-order valence-electron chi connectivity index (χ4n) is 3.34. The second-order valence-corrected chi connectivity index (χ2v) is 8.17. The van der Waals surface area contributed by atoms with Gasteiger partial charge in [-0.2, -0.15) is 9.61 Å². The van der Waals surface area contributed by atoms with Crippen LogP contribution in [-0.2, 0) is 11.3 Å². The number of thioether (sulfide) groups is 1. The Hall–Kier alpha value is -3.79. The highest BCUT2D eigenvalue weighted by atomic mass is 32.2. The minimum atomic E-state index is -0.0879. The fraction of sp³-hybridized carbons (Fsp3) is 0.217. The van der Waals surface area contributed by atoms with Crippen LogP contribution in [0.4, 0.5) is 0 Å². The molecule has 0 unspecified atom stereocenters. The third kappa shape index (κ3) is 4.70. The molecule has 0 saturated carbocycles. The third-order valence-electron chi connectivity index (χ3n) is 4.94. The standard InChI is InChI=1S/C23H21N5O4S/c1-2-30-17-6-4-16(5-7-17)23-26-25-20-9-10-22(27-28(20)23)33-13-21(29)24-12-15-3-8-18-19(11-15)32-14-31-18/h3-11H,2,12-14H2,1H3,(H,24,29). The quantitative estimate of drug-likeness (QED) is 0.397. The van der Waals surface area contributed by atoms with E-state index in [0.717, 1.165) is 22.6 Å². The molecule has 0 saturated heterocycles. The molecule has 0 bridgehead atoms. The number of rotatable bonds is 8. The molecule has 2 aromatic heterocycles. The Morgan fingerprint density at radius 3 is 2.79 bits per heavy atom. The molecule has 168 valence electrons. The molecule has 4 aromatic rings. The van der Waals surface area contributed by atoms with Crippen molar-refractivity contribution in [1.29, 1.82) is 0 Å². The van der Waals surface area contributed by atoms with E-state index in [9.17, 15) is 4.79 Å². The molecule has 0 atom stereocenters. The molecular weight excluding hydrogens is 442 g/mol. The number of carbonyl (C=O) groups is 1. The predicted octanol–water partition coefficient (Wildman–Crippen LogP) is 3.33. The van der Waals surface area contributed by atoms with Crippen molar-refractivity contribution in [2.75, 3.05) is 19.2 Å². The lowest BCUT2D eigenvalue weighted by atomic mass is 10.2. The van der Waals surface area contributed by atoms with Crippen LogP contribution in [0.3, 0.4) is 0 Å². The summed E-state index contributed by atoms with van der Waals surface area (Å²) in [7, 11) is 0. The number of fused-ring (bicyclic) bond motifs is 2. The van der Waals surface area contributed by atoms with E-state index in [4.69, 9.17) is 14.2 Å². The number of carbonyl (C=O) groups excluding carboxylic acids is 1. The Balaban J connectivity index is 1.22.